The van der Waals surface area contributed by atoms with Crippen LogP contribution < -0.4 is 10.5 Å². The lowest BCUT2D eigenvalue weighted by atomic mass is 10.3. The monoisotopic (exact) mass is 300 g/mol. The molecule has 2 aromatic rings. The third kappa shape index (κ3) is 3.24. The van der Waals surface area contributed by atoms with E-state index in [0.29, 0.717) is 0 Å². The van der Waals surface area contributed by atoms with Crippen molar-refractivity contribution in [1.29, 1.82) is 0 Å². The van der Waals surface area contributed by atoms with Crippen molar-refractivity contribution in [3.8, 4) is 0 Å². The molecule has 0 amide bonds. The Morgan fingerprint density at radius 2 is 2.05 bits per heavy atom. The van der Waals surface area contributed by atoms with Crippen LogP contribution >= 0.6 is 11.3 Å². The maximum atomic E-state index is 13.2. The Bertz CT molecular complexity index is 675. The lowest BCUT2D eigenvalue weighted by Gasteiger charge is -2.07. The third-order valence-corrected chi connectivity index (χ3v) is 5.53. The van der Waals surface area contributed by atoms with Crippen LogP contribution in [0.2, 0.25) is 0 Å². The first-order chi connectivity index (χ1) is 8.90. The molecule has 0 radical (unpaired) electrons. The number of nitrogens with one attached hydrogen (secondary N) is 1. The fourth-order valence-corrected chi connectivity index (χ4v) is 3.91. The van der Waals surface area contributed by atoms with Gasteiger partial charge in [-0.2, -0.15) is 0 Å². The molecule has 1 heterocycles. The highest BCUT2D eigenvalue weighted by atomic mass is 32.2. The second-order valence-electron chi connectivity index (χ2n) is 3.95. The summed E-state index contributed by atoms with van der Waals surface area (Å²) in [7, 11) is -3.69. The second kappa shape index (κ2) is 5.18. The molecule has 1 aromatic carbocycles. The molecule has 1 aromatic heterocycles. The van der Waals surface area contributed by atoms with Gasteiger partial charge in [0.05, 0.1) is 5.69 Å². The van der Waals surface area contributed by atoms with Crippen LogP contribution in [0, 0.1) is 5.82 Å². The fraction of sp³-hybridized carbons (Fsp3) is 0.167. The zero-order chi connectivity index (χ0) is 14.0. The smallest absolute Gasteiger partial charge is 0.271 e. The van der Waals surface area contributed by atoms with Crippen molar-refractivity contribution in [2.75, 3.05) is 10.5 Å². The van der Waals surface area contributed by atoms with E-state index in [2.05, 4.69) is 4.72 Å². The SMILES string of the molecule is CCc1ccc(S(=O)(=O)Nc2cc(N)cc(F)c2)s1. The average molecular weight is 300 g/mol. The topological polar surface area (TPSA) is 72.2 Å². The quantitative estimate of drug-likeness (QED) is 0.853. The van der Waals surface area contributed by atoms with Gasteiger partial charge in [0.25, 0.3) is 10.0 Å². The molecule has 2 rings (SSSR count). The Hall–Kier alpha value is -1.60. The van der Waals surface area contributed by atoms with Crippen LogP contribution in [0.25, 0.3) is 0 Å². The summed E-state index contributed by atoms with van der Waals surface area (Å²) in [6.45, 7) is 1.95. The summed E-state index contributed by atoms with van der Waals surface area (Å²) in [6, 6.07) is 6.88. The Morgan fingerprint density at radius 3 is 2.63 bits per heavy atom. The summed E-state index contributed by atoms with van der Waals surface area (Å²) in [5.74, 6) is -0.585. The van der Waals surface area contributed by atoms with Crippen molar-refractivity contribution in [3.63, 3.8) is 0 Å². The van der Waals surface area contributed by atoms with Crippen LogP contribution in [0.4, 0.5) is 15.8 Å². The molecular weight excluding hydrogens is 287 g/mol. The Morgan fingerprint density at radius 1 is 1.32 bits per heavy atom. The highest BCUT2D eigenvalue weighted by molar-refractivity contribution is 7.94. The minimum atomic E-state index is -3.69. The largest absolute Gasteiger partial charge is 0.399 e. The highest BCUT2D eigenvalue weighted by Crippen LogP contribution is 2.25. The van der Waals surface area contributed by atoms with Crippen molar-refractivity contribution in [1.82, 2.24) is 0 Å². The van der Waals surface area contributed by atoms with E-state index in [0.717, 1.165) is 23.4 Å². The van der Waals surface area contributed by atoms with Gasteiger partial charge in [-0.3, -0.25) is 4.72 Å². The first-order valence-electron chi connectivity index (χ1n) is 5.58. The number of thiophene rings is 1. The molecule has 0 saturated heterocycles. The molecule has 0 aliphatic rings. The van der Waals surface area contributed by atoms with E-state index >= 15 is 0 Å². The first-order valence-corrected chi connectivity index (χ1v) is 7.88. The third-order valence-electron chi connectivity index (χ3n) is 2.42. The molecule has 0 bridgehead atoms. The number of nitrogens with two attached hydrogens (primary N) is 1. The average Bonchev–Trinajstić information content (AvgIpc) is 2.75. The van der Waals surface area contributed by atoms with Gasteiger partial charge < -0.3 is 5.73 Å². The van der Waals surface area contributed by atoms with Gasteiger partial charge >= 0.3 is 0 Å². The van der Waals surface area contributed by atoms with Crippen LogP contribution in [0.5, 0.6) is 0 Å². The molecule has 0 aliphatic heterocycles. The molecule has 0 atom stereocenters. The number of hydrogen-bond acceptors (Lipinski definition) is 4. The molecule has 0 unspecified atom stereocenters. The van der Waals surface area contributed by atoms with Crippen LogP contribution in [0.15, 0.2) is 34.5 Å². The number of aryl methyl sites for hydroxylation is 1. The van der Waals surface area contributed by atoms with Gasteiger partial charge in [0.15, 0.2) is 0 Å². The predicted molar refractivity (Wildman–Crippen MR) is 75.3 cm³/mol. The maximum absolute atomic E-state index is 13.2. The summed E-state index contributed by atoms with van der Waals surface area (Å²) in [5, 5.41) is 0. The van der Waals surface area contributed by atoms with Gasteiger partial charge in [-0.25, -0.2) is 12.8 Å². The molecule has 102 valence electrons. The van der Waals surface area contributed by atoms with Crippen LogP contribution in [-0.2, 0) is 16.4 Å². The highest BCUT2D eigenvalue weighted by Gasteiger charge is 2.17. The van der Waals surface area contributed by atoms with Crippen LogP contribution in [0.1, 0.15) is 11.8 Å². The zero-order valence-electron chi connectivity index (χ0n) is 10.2. The van der Waals surface area contributed by atoms with Crippen LogP contribution in [-0.4, -0.2) is 8.42 Å². The standard InChI is InChI=1S/C12H13FN2O2S2/c1-2-11-3-4-12(18-11)19(16,17)15-10-6-8(13)5-9(14)7-10/h3-7,15H,2,14H2,1H3. The number of nitrogen functional groups attached to an aromatic ring is 1. The van der Waals surface area contributed by atoms with E-state index in [9.17, 15) is 12.8 Å². The Balaban J connectivity index is 2.30. The van der Waals surface area contributed by atoms with E-state index in [1.807, 2.05) is 6.92 Å². The van der Waals surface area contributed by atoms with Gasteiger partial charge in [-0.05, 0) is 36.8 Å². The number of anilines is 2. The molecule has 3 N–H and O–H groups in total. The molecule has 19 heavy (non-hydrogen) atoms. The van der Waals surface area contributed by atoms with E-state index in [1.165, 1.54) is 23.5 Å². The van der Waals surface area contributed by atoms with E-state index in [1.54, 1.807) is 6.07 Å². The molecule has 4 nitrogen and oxygen atoms in total. The summed E-state index contributed by atoms with van der Waals surface area (Å²) < 4.78 is 39.8. The second-order valence-corrected chi connectivity index (χ2v) is 7.03. The van der Waals surface area contributed by atoms with Gasteiger partial charge in [0.1, 0.15) is 10.0 Å². The van der Waals surface area contributed by atoms with Crippen molar-refractivity contribution in [2.24, 2.45) is 0 Å². The van der Waals surface area contributed by atoms with Crippen LogP contribution in [0.3, 0.4) is 0 Å². The van der Waals surface area contributed by atoms with Crippen molar-refractivity contribution < 1.29 is 12.8 Å². The minimum absolute atomic E-state index is 0.115. The Kier molecular flexibility index (Phi) is 3.77. The van der Waals surface area contributed by atoms with Gasteiger partial charge in [0, 0.05) is 10.6 Å². The number of benzene rings is 1. The predicted octanol–water partition coefficient (Wildman–Crippen LogP) is 2.83. The van der Waals surface area contributed by atoms with E-state index < -0.39 is 15.8 Å². The number of halogens is 1. The zero-order valence-corrected chi connectivity index (χ0v) is 11.8. The lowest BCUT2D eigenvalue weighted by Crippen LogP contribution is -2.11. The maximum Gasteiger partial charge on any atom is 0.271 e. The van der Waals surface area contributed by atoms with Crippen molar-refractivity contribution in [2.45, 2.75) is 17.6 Å². The number of rotatable bonds is 4. The molecule has 0 saturated carbocycles. The molecule has 0 aliphatic carbocycles. The molecular formula is C12H13FN2O2S2. The van der Waals surface area contributed by atoms with Gasteiger partial charge in [-0.15, -0.1) is 11.3 Å². The van der Waals surface area contributed by atoms with Crippen molar-refractivity contribution in [3.05, 3.63) is 41.0 Å². The van der Waals surface area contributed by atoms with Gasteiger partial charge in [0.2, 0.25) is 0 Å². The minimum Gasteiger partial charge on any atom is -0.399 e. The number of hydrogen-bond donors (Lipinski definition) is 2. The summed E-state index contributed by atoms with van der Waals surface area (Å²) in [5.41, 5.74) is 5.75. The number of sulfonamides is 1. The summed E-state index contributed by atoms with van der Waals surface area (Å²) in [6.07, 6.45) is 0.771. The fourth-order valence-electron chi connectivity index (χ4n) is 1.57. The lowest BCUT2D eigenvalue weighted by molar-refractivity contribution is 0.603. The normalized spacial score (nSPS) is 11.5. The first kappa shape index (κ1) is 13.8. The summed E-state index contributed by atoms with van der Waals surface area (Å²) in [4.78, 5) is 0.971. The van der Waals surface area contributed by atoms with Crippen molar-refractivity contribution >= 4 is 32.7 Å². The van der Waals surface area contributed by atoms with E-state index in [4.69, 9.17) is 5.73 Å². The molecule has 0 fully saturated rings. The molecule has 7 heteroatoms. The molecule has 0 spiro atoms. The van der Waals surface area contributed by atoms with Gasteiger partial charge in [-0.1, -0.05) is 6.92 Å². The summed E-state index contributed by atoms with van der Waals surface area (Å²) >= 11 is 1.19. The van der Waals surface area contributed by atoms with E-state index in [-0.39, 0.29) is 15.6 Å². The Labute approximate surface area is 115 Å².